The number of piperazine rings is 1. The Balaban J connectivity index is 1.59. The van der Waals surface area contributed by atoms with Crippen LogP contribution < -0.4 is 4.90 Å². The SMILES string of the molecule is Cc1cc2nc(-c3cnc(N4CCN(C(C)C)CC4)s3)sc2c(-c2ccc(Cl)cc2)c1C(OC(C)(C)C)C(=O)O. The summed E-state index contributed by atoms with van der Waals surface area (Å²) in [5, 5.41) is 12.8. The fourth-order valence-electron chi connectivity index (χ4n) is 5.08. The van der Waals surface area contributed by atoms with E-state index in [4.69, 9.17) is 26.3 Å². The molecule has 3 heterocycles. The summed E-state index contributed by atoms with van der Waals surface area (Å²) in [7, 11) is 0. The highest BCUT2D eigenvalue weighted by molar-refractivity contribution is 7.27. The van der Waals surface area contributed by atoms with E-state index in [0.29, 0.717) is 16.6 Å². The molecule has 0 bridgehead atoms. The van der Waals surface area contributed by atoms with Gasteiger partial charge in [0.25, 0.3) is 0 Å². The van der Waals surface area contributed by atoms with Crippen molar-refractivity contribution in [3.8, 4) is 21.0 Å². The van der Waals surface area contributed by atoms with Gasteiger partial charge in [0.2, 0.25) is 0 Å². The highest BCUT2D eigenvalue weighted by atomic mass is 35.5. The average molecular weight is 599 g/mol. The van der Waals surface area contributed by atoms with Crippen LogP contribution in [0.4, 0.5) is 5.13 Å². The maximum absolute atomic E-state index is 12.6. The largest absolute Gasteiger partial charge is 0.479 e. The van der Waals surface area contributed by atoms with Crippen LogP contribution in [-0.4, -0.2) is 63.8 Å². The number of rotatable bonds is 7. The van der Waals surface area contributed by atoms with Crippen molar-refractivity contribution in [2.75, 3.05) is 31.1 Å². The number of aliphatic carboxylic acids is 1. The summed E-state index contributed by atoms with van der Waals surface area (Å²) >= 11 is 9.44. The number of aromatic nitrogens is 2. The molecule has 212 valence electrons. The van der Waals surface area contributed by atoms with E-state index in [9.17, 15) is 9.90 Å². The first-order valence-corrected chi connectivity index (χ1v) is 15.5. The molecule has 1 atom stereocenters. The van der Waals surface area contributed by atoms with E-state index in [2.05, 4.69) is 23.6 Å². The molecule has 0 saturated carbocycles. The lowest BCUT2D eigenvalue weighted by Gasteiger charge is -2.36. The molecule has 1 aliphatic heterocycles. The van der Waals surface area contributed by atoms with Gasteiger partial charge in [-0.05, 0) is 70.9 Å². The van der Waals surface area contributed by atoms with Crippen LogP contribution in [0.1, 0.15) is 51.8 Å². The van der Waals surface area contributed by atoms with E-state index in [1.54, 1.807) is 22.7 Å². The Labute approximate surface area is 248 Å². The summed E-state index contributed by atoms with van der Waals surface area (Å²) in [5.74, 6) is -1.03. The van der Waals surface area contributed by atoms with E-state index >= 15 is 0 Å². The van der Waals surface area contributed by atoms with Crippen molar-refractivity contribution in [3.05, 3.63) is 52.7 Å². The zero-order valence-electron chi connectivity index (χ0n) is 23.7. The van der Waals surface area contributed by atoms with Crippen molar-refractivity contribution in [1.82, 2.24) is 14.9 Å². The van der Waals surface area contributed by atoms with Crippen LogP contribution in [0, 0.1) is 6.92 Å². The summed E-state index contributed by atoms with van der Waals surface area (Å²) in [6.07, 6.45) is 0.769. The van der Waals surface area contributed by atoms with Crippen molar-refractivity contribution in [3.63, 3.8) is 0 Å². The van der Waals surface area contributed by atoms with Gasteiger partial charge in [0, 0.05) is 48.4 Å². The standard InChI is InChI=1S/C30H35ClN4O3S2/c1-17(2)34-11-13-35(14-12-34)29-32-16-22(39-29)27-33-21-15-18(3)23(25(28(36)37)38-30(4,5)6)24(26(21)40-27)19-7-9-20(31)10-8-19/h7-10,15-17,25H,11-14H2,1-6H3,(H,36,37). The van der Waals surface area contributed by atoms with E-state index in [1.807, 2.05) is 64.2 Å². The Bertz CT molecular complexity index is 1520. The highest BCUT2D eigenvalue weighted by Gasteiger charge is 2.32. The van der Waals surface area contributed by atoms with Gasteiger partial charge in [0.05, 0.1) is 26.9 Å². The fourth-order valence-corrected chi connectivity index (χ4v) is 7.34. The predicted octanol–water partition coefficient (Wildman–Crippen LogP) is 7.52. The second-order valence-electron chi connectivity index (χ2n) is 11.4. The Morgan fingerprint density at radius 1 is 1.10 bits per heavy atom. The molecule has 40 heavy (non-hydrogen) atoms. The van der Waals surface area contributed by atoms with Crippen molar-refractivity contribution < 1.29 is 14.6 Å². The third-order valence-corrected chi connectivity index (χ3v) is 9.61. The lowest BCUT2D eigenvalue weighted by molar-refractivity contribution is -0.160. The summed E-state index contributed by atoms with van der Waals surface area (Å²) in [6, 6.07) is 10.0. The van der Waals surface area contributed by atoms with E-state index < -0.39 is 17.7 Å². The first kappa shape index (κ1) is 29.0. The zero-order chi connectivity index (χ0) is 28.8. The van der Waals surface area contributed by atoms with E-state index in [1.165, 1.54) is 0 Å². The number of ether oxygens (including phenoxy) is 1. The molecular formula is C30H35ClN4O3S2. The molecule has 4 aromatic rings. The molecule has 7 nitrogen and oxygen atoms in total. The van der Waals surface area contributed by atoms with Crippen molar-refractivity contribution in [1.29, 1.82) is 0 Å². The minimum Gasteiger partial charge on any atom is -0.479 e. The minimum atomic E-state index is -1.14. The smallest absolute Gasteiger partial charge is 0.337 e. The number of halogens is 1. The van der Waals surface area contributed by atoms with Crippen molar-refractivity contribution in [2.45, 2.75) is 59.3 Å². The summed E-state index contributed by atoms with van der Waals surface area (Å²) in [4.78, 5) is 28.2. The Hall–Kier alpha value is -2.56. The van der Waals surface area contributed by atoms with Crippen LogP contribution in [0.3, 0.4) is 0 Å². The maximum Gasteiger partial charge on any atom is 0.337 e. The van der Waals surface area contributed by atoms with Crippen LogP contribution >= 0.6 is 34.3 Å². The number of hydrogen-bond donors (Lipinski definition) is 1. The number of thiazole rings is 2. The number of benzene rings is 2. The van der Waals surface area contributed by atoms with Crippen molar-refractivity contribution in [2.24, 2.45) is 0 Å². The van der Waals surface area contributed by atoms with Gasteiger partial charge in [-0.25, -0.2) is 14.8 Å². The van der Waals surface area contributed by atoms with Gasteiger partial charge in [-0.2, -0.15) is 0 Å². The maximum atomic E-state index is 12.6. The van der Waals surface area contributed by atoms with Gasteiger partial charge >= 0.3 is 5.97 Å². The van der Waals surface area contributed by atoms with Crippen molar-refractivity contribution >= 4 is 55.6 Å². The molecule has 1 fully saturated rings. The molecule has 0 amide bonds. The summed E-state index contributed by atoms with van der Waals surface area (Å²) in [5.41, 5.74) is 3.33. The van der Waals surface area contributed by atoms with Crippen LogP contribution in [0.25, 0.3) is 31.2 Å². The van der Waals surface area contributed by atoms with E-state index in [-0.39, 0.29) is 0 Å². The number of carbonyl (C=O) groups is 1. The number of carboxylic acids is 1. The van der Waals surface area contributed by atoms with Crippen LogP contribution in [0.2, 0.25) is 5.02 Å². The Morgan fingerprint density at radius 3 is 2.38 bits per heavy atom. The number of aryl methyl sites for hydroxylation is 1. The second-order valence-corrected chi connectivity index (χ2v) is 13.9. The topological polar surface area (TPSA) is 78.8 Å². The lowest BCUT2D eigenvalue weighted by Crippen LogP contribution is -2.48. The Kier molecular flexibility index (Phi) is 8.23. The molecule has 0 spiro atoms. The number of hydrogen-bond acceptors (Lipinski definition) is 8. The van der Waals surface area contributed by atoms with Crippen LogP contribution in [0.5, 0.6) is 0 Å². The lowest BCUT2D eigenvalue weighted by atomic mass is 9.91. The number of carboxylic acid groups (broad SMARTS) is 1. The average Bonchev–Trinajstić information content (AvgIpc) is 3.54. The van der Waals surface area contributed by atoms with Gasteiger partial charge in [-0.3, -0.25) is 4.90 Å². The van der Waals surface area contributed by atoms with E-state index in [0.717, 1.165) is 68.1 Å². The van der Waals surface area contributed by atoms with Gasteiger partial charge in [0.15, 0.2) is 11.2 Å². The fraction of sp³-hybridized carbons (Fsp3) is 0.433. The number of nitrogens with zero attached hydrogens (tertiary/aromatic N) is 4. The first-order valence-electron chi connectivity index (χ1n) is 13.5. The van der Waals surface area contributed by atoms with Gasteiger partial charge in [0.1, 0.15) is 5.01 Å². The molecule has 1 saturated heterocycles. The third-order valence-electron chi connectivity index (χ3n) is 7.04. The number of fused-ring (bicyclic) bond motifs is 1. The molecule has 5 rings (SSSR count). The molecule has 1 aliphatic rings. The molecule has 2 aromatic heterocycles. The third kappa shape index (κ3) is 6.04. The Morgan fingerprint density at radius 2 is 1.77 bits per heavy atom. The molecule has 10 heteroatoms. The molecule has 1 N–H and O–H groups in total. The van der Waals surface area contributed by atoms with Crippen LogP contribution in [0.15, 0.2) is 36.5 Å². The van der Waals surface area contributed by atoms with Gasteiger partial charge in [-0.1, -0.05) is 35.1 Å². The quantitative estimate of drug-likeness (QED) is 0.236. The first-order chi connectivity index (χ1) is 18.9. The normalized spacial score (nSPS) is 15.8. The predicted molar refractivity (Wildman–Crippen MR) is 166 cm³/mol. The van der Waals surface area contributed by atoms with Gasteiger partial charge < -0.3 is 14.7 Å². The van der Waals surface area contributed by atoms with Gasteiger partial charge in [-0.15, -0.1) is 11.3 Å². The summed E-state index contributed by atoms with van der Waals surface area (Å²) < 4.78 is 7.05. The molecular weight excluding hydrogens is 564 g/mol. The molecule has 0 aliphatic carbocycles. The molecule has 2 aromatic carbocycles. The summed E-state index contributed by atoms with van der Waals surface area (Å²) in [6.45, 7) is 16.0. The zero-order valence-corrected chi connectivity index (χ0v) is 26.1. The minimum absolute atomic E-state index is 0.550. The van der Waals surface area contributed by atoms with Crippen LogP contribution in [-0.2, 0) is 9.53 Å². The number of anilines is 1. The monoisotopic (exact) mass is 598 g/mol. The molecule has 1 unspecified atom stereocenters. The molecule has 0 radical (unpaired) electrons. The second kappa shape index (κ2) is 11.4. The highest BCUT2D eigenvalue weighted by Crippen LogP contribution is 2.45.